The Bertz CT molecular complexity index is 693. The number of benzene rings is 2. The molecular weight excluding hydrogens is 267 g/mol. The quantitative estimate of drug-likeness (QED) is 0.832. The van der Waals surface area contributed by atoms with Crippen LogP contribution in [0.3, 0.4) is 0 Å². The molecule has 2 aromatic carbocycles. The second kappa shape index (κ2) is 5.43. The van der Waals surface area contributed by atoms with Crippen molar-refractivity contribution in [2.45, 2.75) is 18.4 Å². The van der Waals surface area contributed by atoms with Gasteiger partial charge in [0.25, 0.3) is 0 Å². The van der Waals surface area contributed by atoms with Gasteiger partial charge in [-0.15, -0.1) is 0 Å². The summed E-state index contributed by atoms with van der Waals surface area (Å²) < 4.78 is 13.6. The number of hydrogen-bond acceptors (Lipinski definition) is 2. The van der Waals surface area contributed by atoms with Crippen LogP contribution >= 0.6 is 0 Å². The molecule has 2 aromatic rings. The van der Waals surface area contributed by atoms with Gasteiger partial charge in [-0.05, 0) is 46.4 Å². The van der Waals surface area contributed by atoms with Gasteiger partial charge in [-0.25, -0.2) is 4.39 Å². The van der Waals surface area contributed by atoms with Crippen molar-refractivity contribution in [1.29, 1.82) is 0 Å². The van der Waals surface area contributed by atoms with Gasteiger partial charge in [0.2, 0.25) is 0 Å². The molecular formula is C18H17FO2. The number of aliphatic hydroxyl groups is 2. The lowest BCUT2D eigenvalue weighted by atomic mass is 9.84. The Balaban J connectivity index is 2.22. The molecule has 0 saturated heterocycles. The largest absolute Gasteiger partial charge is 0.392 e. The van der Waals surface area contributed by atoms with E-state index in [1.54, 1.807) is 6.07 Å². The predicted octanol–water partition coefficient (Wildman–Crippen LogP) is 3.10. The van der Waals surface area contributed by atoms with E-state index in [-0.39, 0.29) is 12.4 Å². The van der Waals surface area contributed by atoms with Crippen LogP contribution in [0.2, 0.25) is 0 Å². The highest BCUT2D eigenvalue weighted by Crippen LogP contribution is 2.42. The molecule has 0 fully saturated rings. The summed E-state index contributed by atoms with van der Waals surface area (Å²) in [5, 5.41) is 20.2. The number of halogens is 1. The van der Waals surface area contributed by atoms with E-state index in [2.05, 4.69) is 6.58 Å². The summed E-state index contributed by atoms with van der Waals surface area (Å²) in [6, 6.07) is 12.3. The molecule has 21 heavy (non-hydrogen) atoms. The van der Waals surface area contributed by atoms with Gasteiger partial charge in [0.1, 0.15) is 5.82 Å². The summed E-state index contributed by atoms with van der Waals surface area (Å²) in [5.41, 5.74) is 4.03. The molecule has 2 atom stereocenters. The smallest absolute Gasteiger partial charge is 0.123 e. The molecule has 0 spiro atoms. The van der Waals surface area contributed by atoms with E-state index in [4.69, 9.17) is 0 Å². The lowest BCUT2D eigenvalue weighted by Gasteiger charge is -2.25. The number of fused-ring (bicyclic) bond motifs is 2. The van der Waals surface area contributed by atoms with Crippen LogP contribution in [0.4, 0.5) is 4.39 Å². The molecule has 0 bridgehead atoms. The number of aliphatic hydroxyl groups excluding tert-OH is 2. The van der Waals surface area contributed by atoms with Crippen molar-refractivity contribution in [3.63, 3.8) is 0 Å². The zero-order valence-corrected chi connectivity index (χ0v) is 11.6. The summed E-state index contributed by atoms with van der Waals surface area (Å²) in [5.74, 6) is -0.790. The maximum Gasteiger partial charge on any atom is 0.123 e. The Morgan fingerprint density at radius 1 is 1.14 bits per heavy atom. The van der Waals surface area contributed by atoms with E-state index in [9.17, 15) is 14.6 Å². The van der Waals surface area contributed by atoms with Gasteiger partial charge < -0.3 is 10.2 Å². The van der Waals surface area contributed by atoms with Crippen LogP contribution in [-0.2, 0) is 6.42 Å². The van der Waals surface area contributed by atoms with Crippen molar-refractivity contribution in [2.24, 2.45) is 0 Å². The van der Waals surface area contributed by atoms with Gasteiger partial charge in [0.15, 0.2) is 0 Å². The molecule has 0 unspecified atom stereocenters. The first-order valence-corrected chi connectivity index (χ1v) is 6.94. The van der Waals surface area contributed by atoms with Crippen LogP contribution in [0.5, 0.6) is 0 Å². The number of rotatable bonds is 2. The SMILES string of the molecule is C=C(CO)[C@@H]1c2ccccc2Cc2ccc(F)cc2[C@H]1O. The zero-order valence-electron chi connectivity index (χ0n) is 11.6. The molecule has 0 aliphatic heterocycles. The molecule has 2 N–H and O–H groups in total. The lowest BCUT2D eigenvalue weighted by molar-refractivity contribution is 0.151. The third kappa shape index (κ3) is 2.39. The highest BCUT2D eigenvalue weighted by molar-refractivity contribution is 5.47. The van der Waals surface area contributed by atoms with E-state index >= 15 is 0 Å². The topological polar surface area (TPSA) is 40.5 Å². The van der Waals surface area contributed by atoms with Crippen LogP contribution in [0.25, 0.3) is 0 Å². The molecule has 0 amide bonds. The molecule has 0 aromatic heterocycles. The van der Waals surface area contributed by atoms with Crippen molar-refractivity contribution < 1.29 is 14.6 Å². The van der Waals surface area contributed by atoms with Crippen LogP contribution < -0.4 is 0 Å². The summed E-state index contributed by atoms with van der Waals surface area (Å²) in [6.45, 7) is 3.67. The number of hydrogen-bond donors (Lipinski definition) is 2. The third-order valence-electron chi connectivity index (χ3n) is 4.16. The monoisotopic (exact) mass is 284 g/mol. The summed E-state index contributed by atoms with van der Waals surface area (Å²) in [4.78, 5) is 0. The van der Waals surface area contributed by atoms with E-state index < -0.39 is 12.0 Å². The summed E-state index contributed by atoms with van der Waals surface area (Å²) in [7, 11) is 0. The van der Waals surface area contributed by atoms with Crippen molar-refractivity contribution in [1.82, 2.24) is 0 Å². The summed E-state index contributed by atoms with van der Waals surface area (Å²) >= 11 is 0. The Kier molecular flexibility index (Phi) is 3.62. The standard InChI is InChI=1S/C18H17FO2/c1-11(10-20)17-15-5-3-2-4-12(15)8-13-6-7-14(19)9-16(13)18(17)21/h2-7,9,17-18,20-21H,1,8,10H2/t17-,18-/m1/s1. The third-order valence-corrected chi connectivity index (χ3v) is 4.16. The van der Waals surface area contributed by atoms with E-state index in [1.807, 2.05) is 24.3 Å². The average molecular weight is 284 g/mol. The van der Waals surface area contributed by atoms with Crippen molar-refractivity contribution in [2.75, 3.05) is 6.61 Å². The van der Waals surface area contributed by atoms with Crippen LogP contribution in [0.15, 0.2) is 54.6 Å². The molecule has 3 heteroatoms. The molecule has 3 rings (SSSR count). The van der Waals surface area contributed by atoms with Crippen molar-refractivity contribution in [3.8, 4) is 0 Å². The fraction of sp³-hybridized carbons (Fsp3) is 0.222. The maximum atomic E-state index is 13.6. The van der Waals surface area contributed by atoms with Gasteiger partial charge in [-0.2, -0.15) is 0 Å². The van der Waals surface area contributed by atoms with Crippen LogP contribution in [0, 0.1) is 5.82 Å². The normalized spacial score (nSPS) is 20.3. The fourth-order valence-electron chi connectivity index (χ4n) is 3.10. The van der Waals surface area contributed by atoms with Gasteiger partial charge in [0.05, 0.1) is 12.7 Å². The van der Waals surface area contributed by atoms with Gasteiger partial charge in [-0.1, -0.05) is 36.9 Å². The Morgan fingerprint density at radius 3 is 2.62 bits per heavy atom. The minimum absolute atomic E-state index is 0.208. The van der Waals surface area contributed by atoms with Gasteiger partial charge in [0, 0.05) is 5.92 Å². The molecule has 0 heterocycles. The molecule has 1 aliphatic carbocycles. The maximum absolute atomic E-state index is 13.6. The minimum Gasteiger partial charge on any atom is -0.392 e. The Morgan fingerprint density at radius 2 is 1.86 bits per heavy atom. The van der Waals surface area contributed by atoms with Crippen LogP contribution in [-0.4, -0.2) is 16.8 Å². The van der Waals surface area contributed by atoms with Crippen molar-refractivity contribution in [3.05, 3.63) is 82.7 Å². The summed E-state index contributed by atoms with van der Waals surface area (Å²) in [6.07, 6.45) is -0.267. The molecule has 2 nitrogen and oxygen atoms in total. The zero-order chi connectivity index (χ0) is 15.0. The first-order chi connectivity index (χ1) is 10.1. The highest BCUT2D eigenvalue weighted by Gasteiger charge is 2.31. The lowest BCUT2D eigenvalue weighted by Crippen LogP contribution is -2.15. The Hall–Kier alpha value is -1.97. The van der Waals surface area contributed by atoms with Crippen LogP contribution in [0.1, 0.15) is 34.3 Å². The molecule has 0 radical (unpaired) electrons. The highest BCUT2D eigenvalue weighted by atomic mass is 19.1. The fourth-order valence-corrected chi connectivity index (χ4v) is 3.10. The van der Waals surface area contributed by atoms with E-state index in [0.717, 1.165) is 16.7 Å². The second-order valence-corrected chi connectivity index (χ2v) is 5.46. The molecule has 108 valence electrons. The first kappa shape index (κ1) is 14.0. The molecule has 1 aliphatic rings. The average Bonchev–Trinajstić information content (AvgIpc) is 2.61. The van der Waals surface area contributed by atoms with Crippen molar-refractivity contribution >= 4 is 0 Å². The van der Waals surface area contributed by atoms with E-state index in [0.29, 0.717) is 17.6 Å². The van der Waals surface area contributed by atoms with Gasteiger partial charge in [-0.3, -0.25) is 0 Å². The van der Waals surface area contributed by atoms with Gasteiger partial charge >= 0.3 is 0 Å². The first-order valence-electron chi connectivity index (χ1n) is 6.94. The molecule has 0 saturated carbocycles. The Labute approximate surface area is 123 Å². The van der Waals surface area contributed by atoms with E-state index in [1.165, 1.54) is 12.1 Å². The minimum atomic E-state index is -0.904. The predicted molar refractivity (Wildman–Crippen MR) is 79.6 cm³/mol. The second-order valence-electron chi connectivity index (χ2n) is 5.46.